The van der Waals surface area contributed by atoms with Gasteiger partial charge < -0.3 is 9.84 Å². The number of benzene rings is 2. The highest BCUT2D eigenvalue weighted by Crippen LogP contribution is 2.18. The maximum absolute atomic E-state index is 12.4. The van der Waals surface area contributed by atoms with Crippen LogP contribution in [-0.4, -0.2) is 24.5 Å². The lowest BCUT2D eigenvalue weighted by Gasteiger charge is -2.13. The van der Waals surface area contributed by atoms with E-state index in [0.29, 0.717) is 5.02 Å². The van der Waals surface area contributed by atoms with Crippen molar-refractivity contribution >= 4 is 27.3 Å². The van der Waals surface area contributed by atoms with Crippen LogP contribution in [0.1, 0.15) is 36.7 Å². The zero-order chi connectivity index (χ0) is 20.9. The molecule has 0 bridgehead atoms. The fraction of sp³-hybridized carbons (Fsp3) is 0.250. The number of sulfone groups is 1. The lowest BCUT2D eigenvalue weighted by Crippen LogP contribution is -2.26. The Hall–Kier alpha value is -2.71. The van der Waals surface area contributed by atoms with Gasteiger partial charge in [-0.2, -0.15) is 4.98 Å². The average molecular weight is 434 g/mol. The SMILES string of the molecule is CC(NC(=O)CCc1nc(CS(=O)(=O)c2ccc(Cl)cc2)no1)c1ccccc1. The molecule has 1 N–H and O–H groups in total. The number of hydrogen-bond acceptors (Lipinski definition) is 6. The van der Waals surface area contributed by atoms with Crippen molar-refractivity contribution in [3.05, 3.63) is 76.9 Å². The summed E-state index contributed by atoms with van der Waals surface area (Å²) in [4.78, 5) is 16.4. The highest BCUT2D eigenvalue weighted by molar-refractivity contribution is 7.90. The van der Waals surface area contributed by atoms with Crippen LogP contribution in [0.2, 0.25) is 5.02 Å². The summed E-state index contributed by atoms with van der Waals surface area (Å²) in [6.07, 6.45) is 0.379. The number of carbonyl (C=O) groups is 1. The summed E-state index contributed by atoms with van der Waals surface area (Å²) < 4.78 is 29.9. The molecule has 0 aliphatic heterocycles. The largest absolute Gasteiger partial charge is 0.350 e. The number of hydrogen-bond donors (Lipinski definition) is 1. The molecule has 0 aliphatic carbocycles. The first-order valence-corrected chi connectivity index (χ1v) is 11.0. The number of halogens is 1. The minimum absolute atomic E-state index is 0.0491. The zero-order valence-electron chi connectivity index (χ0n) is 15.7. The van der Waals surface area contributed by atoms with Crippen molar-refractivity contribution in [1.82, 2.24) is 15.5 Å². The van der Waals surface area contributed by atoms with E-state index in [4.69, 9.17) is 16.1 Å². The molecule has 1 unspecified atom stereocenters. The Morgan fingerprint density at radius 1 is 1.14 bits per heavy atom. The van der Waals surface area contributed by atoms with Crippen LogP contribution in [-0.2, 0) is 26.8 Å². The lowest BCUT2D eigenvalue weighted by molar-refractivity contribution is -0.121. The number of carbonyl (C=O) groups excluding carboxylic acids is 1. The Kier molecular flexibility index (Phi) is 6.66. The van der Waals surface area contributed by atoms with Crippen molar-refractivity contribution in [3.63, 3.8) is 0 Å². The number of aryl methyl sites for hydroxylation is 1. The first kappa shape index (κ1) is 21.0. The molecule has 0 spiro atoms. The van der Waals surface area contributed by atoms with Gasteiger partial charge in [0.25, 0.3) is 0 Å². The molecule has 3 rings (SSSR count). The van der Waals surface area contributed by atoms with Crippen LogP contribution in [0.15, 0.2) is 64.0 Å². The minimum atomic E-state index is -3.62. The predicted octanol–water partition coefficient (Wildman–Crippen LogP) is 3.51. The van der Waals surface area contributed by atoms with Gasteiger partial charge in [0.2, 0.25) is 11.8 Å². The standard InChI is InChI=1S/C20H20ClN3O4S/c1-14(15-5-3-2-4-6-15)22-19(25)11-12-20-23-18(24-28-20)13-29(26,27)17-9-7-16(21)8-10-17/h2-10,14H,11-13H2,1H3,(H,22,25). The van der Waals surface area contributed by atoms with Gasteiger partial charge in [-0.25, -0.2) is 8.42 Å². The van der Waals surface area contributed by atoms with Crippen molar-refractivity contribution in [3.8, 4) is 0 Å². The smallest absolute Gasteiger partial charge is 0.227 e. The number of nitrogens with one attached hydrogen (secondary N) is 1. The van der Waals surface area contributed by atoms with Gasteiger partial charge in [0.05, 0.1) is 10.9 Å². The molecule has 9 heteroatoms. The van der Waals surface area contributed by atoms with Crippen molar-refractivity contribution in [2.24, 2.45) is 0 Å². The van der Waals surface area contributed by atoms with Crippen molar-refractivity contribution in [1.29, 1.82) is 0 Å². The number of rotatable bonds is 8. The van der Waals surface area contributed by atoms with Crippen LogP contribution in [0.5, 0.6) is 0 Å². The van der Waals surface area contributed by atoms with Gasteiger partial charge >= 0.3 is 0 Å². The molecule has 0 saturated heterocycles. The second kappa shape index (κ2) is 9.19. The second-order valence-electron chi connectivity index (χ2n) is 6.52. The van der Waals surface area contributed by atoms with E-state index in [-0.39, 0.29) is 41.4 Å². The van der Waals surface area contributed by atoms with Crippen molar-refractivity contribution in [2.75, 3.05) is 0 Å². The van der Waals surface area contributed by atoms with Crippen LogP contribution in [0.25, 0.3) is 0 Å². The normalized spacial score (nSPS) is 12.5. The molecule has 152 valence electrons. The highest BCUT2D eigenvalue weighted by Gasteiger charge is 2.20. The van der Waals surface area contributed by atoms with E-state index >= 15 is 0 Å². The fourth-order valence-corrected chi connectivity index (χ4v) is 4.01. The Bertz CT molecular complexity index is 1070. The molecular weight excluding hydrogens is 414 g/mol. The van der Waals surface area contributed by atoms with E-state index in [0.717, 1.165) is 5.56 Å². The molecule has 1 heterocycles. The average Bonchev–Trinajstić information content (AvgIpc) is 3.14. The molecule has 2 aromatic carbocycles. The van der Waals surface area contributed by atoms with Crippen LogP contribution in [0.4, 0.5) is 0 Å². The molecule has 0 aliphatic rings. The molecule has 7 nitrogen and oxygen atoms in total. The van der Waals surface area contributed by atoms with Crippen LogP contribution in [0, 0.1) is 0 Å². The molecule has 0 saturated carbocycles. The monoisotopic (exact) mass is 433 g/mol. The third-order valence-corrected chi connectivity index (χ3v) is 6.13. The van der Waals surface area contributed by atoms with Gasteiger partial charge in [-0.3, -0.25) is 4.79 Å². The summed E-state index contributed by atoms with van der Waals surface area (Å²) in [5.74, 6) is -0.285. The quantitative estimate of drug-likeness (QED) is 0.583. The van der Waals surface area contributed by atoms with Crippen LogP contribution >= 0.6 is 11.6 Å². The van der Waals surface area contributed by atoms with E-state index in [1.54, 1.807) is 0 Å². The van der Waals surface area contributed by atoms with E-state index < -0.39 is 15.6 Å². The van der Waals surface area contributed by atoms with Gasteiger partial charge in [-0.1, -0.05) is 47.1 Å². The van der Waals surface area contributed by atoms with Crippen molar-refractivity contribution in [2.45, 2.75) is 36.5 Å². The molecule has 0 radical (unpaired) electrons. The number of amides is 1. The first-order valence-electron chi connectivity index (χ1n) is 8.97. The zero-order valence-corrected chi connectivity index (χ0v) is 17.3. The highest BCUT2D eigenvalue weighted by atomic mass is 35.5. The Morgan fingerprint density at radius 3 is 2.52 bits per heavy atom. The Labute approximate surface area is 174 Å². The second-order valence-corrected chi connectivity index (χ2v) is 8.94. The van der Waals surface area contributed by atoms with E-state index in [9.17, 15) is 13.2 Å². The third-order valence-electron chi connectivity index (χ3n) is 4.25. The fourth-order valence-electron chi connectivity index (χ4n) is 2.70. The van der Waals surface area contributed by atoms with Gasteiger partial charge in [0.15, 0.2) is 15.7 Å². The maximum Gasteiger partial charge on any atom is 0.227 e. The molecule has 1 aromatic heterocycles. The van der Waals surface area contributed by atoms with Crippen LogP contribution in [0.3, 0.4) is 0 Å². The van der Waals surface area contributed by atoms with E-state index in [2.05, 4.69) is 15.5 Å². The van der Waals surface area contributed by atoms with Crippen LogP contribution < -0.4 is 5.32 Å². The summed E-state index contributed by atoms with van der Waals surface area (Å²) in [6.45, 7) is 1.90. The van der Waals surface area contributed by atoms with E-state index in [1.807, 2.05) is 37.3 Å². The number of nitrogens with zero attached hydrogens (tertiary/aromatic N) is 2. The molecular formula is C20H20ClN3O4S. The Balaban J connectivity index is 1.53. The van der Waals surface area contributed by atoms with E-state index in [1.165, 1.54) is 24.3 Å². The van der Waals surface area contributed by atoms with Crippen molar-refractivity contribution < 1.29 is 17.7 Å². The predicted molar refractivity (Wildman–Crippen MR) is 108 cm³/mol. The molecule has 1 amide bonds. The van der Waals surface area contributed by atoms with Gasteiger partial charge in [-0.05, 0) is 36.8 Å². The lowest BCUT2D eigenvalue weighted by atomic mass is 10.1. The molecule has 0 fully saturated rings. The summed E-state index contributed by atoms with van der Waals surface area (Å²) >= 11 is 5.78. The molecule has 29 heavy (non-hydrogen) atoms. The summed E-state index contributed by atoms with van der Waals surface area (Å²) in [6, 6.07) is 15.4. The summed E-state index contributed by atoms with van der Waals surface area (Å²) in [5, 5.41) is 7.06. The Morgan fingerprint density at radius 2 is 1.83 bits per heavy atom. The summed E-state index contributed by atoms with van der Waals surface area (Å²) in [5.41, 5.74) is 1.01. The first-order chi connectivity index (χ1) is 13.8. The maximum atomic E-state index is 12.4. The van der Waals surface area contributed by atoms with Gasteiger partial charge in [-0.15, -0.1) is 0 Å². The van der Waals surface area contributed by atoms with Gasteiger partial charge in [0, 0.05) is 17.9 Å². The van der Waals surface area contributed by atoms with Gasteiger partial charge in [0.1, 0.15) is 5.75 Å². The minimum Gasteiger partial charge on any atom is -0.350 e. The number of aromatic nitrogens is 2. The summed E-state index contributed by atoms with van der Waals surface area (Å²) in [7, 11) is -3.62. The third kappa shape index (κ3) is 5.88. The molecule has 1 atom stereocenters. The molecule has 3 aromatic rings. The topological polar surface area (TPSA) is 102 Å².